The smallest absolute Gasteiger partial charge is 0.313 e. The molecule has 2 aromatic carbocycles. The van der Waals surface area contributed by atoms with E-state index in [-0.39, 0.29) is 5.56 Å². The third kappa shape index (κ3) is 4.09. The Morgan fingerprint density at radius 3 is 2.30 bits per heavy atom. The summed E-state index contributed by atoms with van der Waals surface area (Å²) in [6, 6.07) is 14.2. The second kappa shape index (κ2) is 7.12. The lowest BCUT2D eigenvalue weighted by Crippen LogP contribution is -2.16. The monoisotopic (exact) mass is 388 g/mol. The molecule has 1 aliphatic heterocycles. The maximum atomic E-state index is 12.5. The minimum atomic E-state index is -4.11. The van der Waals surface area contributed by atoms with E-state index in [1.165, 1.54) is 24.3 Å². The molecule has 2 aromatic rings. The van der Waals surface area contributed by atoms with E-state index >= 15 is 0 Å². The zero-order valence-electron chi connectivity index (χ0n) is 14.0. The summed E-state index contributed by atoms with van der Waals surface area (Å²) in [5.74, 6) is -2.74. The van der Waals surface area contributed by atoms with E-state index in [9.17, 15) is 18.0 Å². The van der Waals surface area contributed by atoms with E-state index in [4.69, 9.17) is 20.4 Å². The molecule has 0 fully saturated rings. The molecular formula is C18H16N2O6S. The second-order valence-corrected chi connectivity index (χ2v) is 7.38. The number of amides is 1. The number of Topliss-reactive ketones (excluding diaryl/α,β-unsaturated/α-hetero) is 1. The minimum Gasteiger partial charge on any atom is -0.460 e. The third-order valence-electron chi connectivity index (χ3n) is 3.83. The van der Waals surface area contributed by atoms with Crippen LogP contribution in [0.2, 0.25) is 0 Å². The van der Waals surface area contributed by atoms with Crippen LogP contribution in [0.4, 0.5) is 0 Å². The Balaban J connectivity index is 1.76. The number of ether oxygens (including phenoxy) is 1. The van der Waals surface area contributed by atoms with Gasteiger partial charge in [-0.15, -0.1) is 0 Å². The molecule has 0 spiro atoms. The molecule has 8 nitrogen and oxygen atoms in total. The Bertz CT molecular complexity index is 1010. The molecule has 27 heavy (non-hydrogen) atoms. The number of rotatable bonds is 6. The molecule has 1 atom stereocenters. The van der Waals surface area contributed by atoms with Crippen LogP contribution in [0.1, 0.15) is 27.6 Å². The normalized spacial score (nSPS) is 16.9. The Labute approximate surface area is 155 Å². The first kappa shape index (κ1) is 18.5. The van der Waals surface area contributed by atoms with Crippen molar-refractivity contribution in [3.63, 3.8) is 0 Å². The van der Waals surface area contributed by atoms with Crippen LogP contribution in [-0.2, 0) is 29.6 Å². The maximum absolute atomic E-state index is 12.5. The Kier molecular flexibility index (Phi) is 4.87. The Morgan fingerprint density at radius 1 is 1.07 bits per heavy atom. The van der Waals surface area contributed by atoms with E-state index in [0.29, 0.717) is 11.1 Å². The molecule has 0 aromatic heterocycles. The molecule has 0 saturated carbocycles. The minimum absolute atomic E-state index is 0.257. The maximum Gasteiger partial charge on any atom is 0.313 e. The van der Waals surface area contributed by atoms with Gasteiger partial charge in [-0.3, -0.25) is 9.59 Å². The van der Waals surface area contributed by atoms with Crippen molar-refractivity contribution < 1.29 is 26.9 Å². The lowest BCUT2D eigenvalue weighted by molar-refractivity contribution is -0.123. The highest BCUT2D eigenvalue weighted by Crippen LogP contribution is 2.32. The number of carbonyl (C=O) groups is 2. The molecule has 9 heteroatoms. The van der Waals surface area contributed by atoms with Gasteiger partial charge in [0.1, 0.15) is 5.75 Å². The lowest BCUT2D eigenvalue weighted by Gasteiger charge is -2.10. The van der Waals surface area contributed by atoms with Crippen molar-refractivity contribution in [3.05, 3.63) is 82.9 Å². The van der Waals surface area contributed by atoms with E-state index in [1.54, 1.807) is 30.3 Å². The van der Waals surface area contributed by atoms with Gasteiger partial charge in [0.25, 0.3) is 0 Å². The number of hydrogen-bond donors (Lipinski definition) is 2. The number of carbonyl (C=O) groups excluding carboxylic acids is 2. The van der Waals surface area contributed by atoms with Gasteiger partial charge in [0, 0.05) is 11.1 Å². The Morgan fingerprint density at radius 2 is 1.70 bits per heavy atom. The van der Waals surface area contributed by atoms with Crippen molar-refractivity contribution in [1.29, 1.82) is 0 Å². The molecule has 0 bridgehead atoms. The van der Waals surface area contributed by atoms with Gasteiger partial charge in [-0.05, 0) is 17.7 Å². The lowest BCUT2D eigenvalue weighted by atomic mass is 10.0. The summed E-state index contributed by atoms with van der Waals surface area (Å²) in [5, 5.41) is 0. The fraction of sp³-hybridized carbons (Fsp3) is 0.111. The summed E-state index contributed by atoms with van der Waals surface area (Å²) in [4.78, 5) is 23.6. The van der Waals surface area contributed by atoms with Gasteiger partial charge in [0.2, 0.25) is 23.3 Å². The van der Waals surface area contributed by atoms with E-state index < -0.39 is 45.3 Å². The molecular weight excluding hydrogens is 372 g/mol. The first-order valence-electron chi connectivity index (χ1n) is 7.83. The highest BCUT2D eigenvalue weighted by Gasteiger charge is 2.39. The van der Waals surface area contributed by atoms with Crippen molar-refractivity contribution >= 4 is 21.8 Å². The first-order chi connectivity index (χ1) is 12.8. The van der Waals surface area contributed by atoms with Crippen LogP contribution < -0.4 is 11.5 Å². The summed E-state index contributed by atoms with van der Waals surface area (Å²) >= 11 is 0. The fourth-order valence-electron chi connectivity index (χ4n) is 2.53. The largest absolute Gasteiger partial charge is 0.460 e. The van der Waals surface area contributed by atoms with Crippen LogP contribution in [0.5, 0.6) is 0 Å². The van der Waals surface area contributed by atoms with Gasteiger partial charge in [0.05, 0.1) is 0 Å². The predicted octanol–water partition coefficient (Wildman–Crippen LogP) is 1.10. The quantitative estimate of drug-likeness (QED) is 0.706. The third-order valence-corrected chi connectivity index (χ3v) is 4.93. The number of benzene rings is 2. The molecule has 1 aliphatic rings. The van der Waals surface area contributed by atoms with Crippen LogP contribution >= 0.6 is 0 Å². The topological polar surface area (TPSA) is 139 Å². The van der Waals surface area contributed by atoms with E-state index in [1.807, 2.05) is 0 Å². The van der Waals surface area contributed by atoms with Gasteiger partial charge in [-0.1, -0.05) is 42.5 Å². The summed E-state index contributed by atoms with van der Waals surface area (Å²) in [6.45, 7) is 0. The molecule has 1 heterocycles. The SMILES string of the molecule is NC(=O)c1ccc(C2OC(N)=C(OS(=O)(=O)Cc3ccccc3)C2=O)cc1. The van der Waals surface area contributed by atoms with Crippen molar-refractivity contribution in [2.45, 2.75) is 11.9 Å². The molecule has 140 valence electrons. The summed E-state index contributed by atoms with van der Waals surface area (Å²) in [7, 11) is -4.11. The van der Waals surface area contributed by atoms with Crippen molar-refractivity contribution in [2.24, 2.45) is 11.5 Å². The molecule has 0 aliphatic carbocycles. The molecule has 1 amide bonds. The molecule has 0 saturated heterocycles. The van der Waals surface area contributed by atoms with Crippen LogP contribution in [0.15, 0.2) is 66.2 Å². The van der Waals surface area contributed by atoms with Crippen molar-refractivity contribution in [2.75, 3.05) is 0 Å². The van der Waals surface area contributed by atoms with Gasteiger partial charge in [-0.25, -0.2) is 0 Å². The zero-order chi connectivity index (χ0) is 19.6. The van der Waals surface area contributed by atoms with Crippen molar-refractivity contribution in [1.82, 2.24) is 0 Å². The Hall–Kier alpha value is -3.33. The highest BCUT2D eigenvalue weighted by molar-refractivity contribution is 7.86. The van der Waals surface area contributed by atoms with Gasteiger partial charge < -0.3 is 20.4 Å². The second-order valence-electron chi connectivity index (χ2n) is 5.81. The number of ketones is 1. The van der Waals surface area contributed by atoms with Gasteiger partial charge in [-0.2, -0.15) is 8.42 Å². The van der Waals surface area contributed by atoms with Gasteiger partial charge in [0.15, 0.2) is 6.10 Å². The zero-order valence-corrected chi connectivity index (χ0v) is 14.8. The average molecular weight is 388 g/mol. The van der Waals surface area contributed by atoms with Crippen LogP contribution in [0, 0.1) is 0 Å². The number of hydrogen-bond acceptors (Lipinski definition) is 7. The number of nitrogens with two attached hydrogens (primary N) is 2. The van der Waals surface area contributed by atoms with E-state index in [2.05, 4.69) is 0 Å². The van der Waals surface area contributed by atoms with Gasteiger partial charge >= 0.3 is 10.1 Å². The summed E-state index contributed by atoms with van der Waals surface area (Å²) in [5.41, 5.74) is 12.0. The average Bonchev–Trinajstić information content (AvgIpc) is 2.90. The first-order valence-corrected chi connectivity index (χ1v) is 9.41. The fourth-order valence-corrected chi connectivity index (χ4v) is 3.61. The van der Waals surface area contributed by atoms with Crippen LogP contribution in [0.3, 0.4) is 0 Å². The summed E-state index contributed by atoms with van der Waals surface area (Å²) in [6.07, 6.45) is -1.16. The molecule has 0 radical (unpaired) electrons. The summed E-state index contributed by atoms with van der Waals surface area (Å²) < 4.78 is 34.7. The predicted molar refractivity (Wildman–Crippen MR) is 95.2 cm³/mol. The van der Waals surface area contributed by atoms with Crippen LogP contribution in [-0.4, -0.2) is 20.1 Å². The number of primary amides is 1. The highest BCUT2D eigenvalue weighted by atomic mass is 32.2. The van der Waals surface area contributed by atoms with E-state index in [0.717, 1.165) is 0 Å². The van der Waals surface area contributed by atoms with Crippen LogP contribution in [0.25, 0.3) is 0 Å². The molecule has 1 unspecified atom stereocenters. The standard InChI is InChI=1S/C18H16N2O6S/c19-17(22)13-8-6-12(7-9-13)15-14(21)16(18(20)25-15)26-27(23,24)10-11-4-2-1-3-5-11/h1-9,15H,10,20H2,(H2,19,22). The molecule has 4 N–H and O–H groups in total. The van der Waals surface area contributed by atoms with Crippen molar-refractivity contribution in [3.8, 4) is 0 Å². The molecule has 3 rings (SSSR count).